The Hall–Kier alpha value is -3.61. The Balaban J connectivity index is 1.54. The Kier molecular flexibility index (Phi) is 5.52. The number of nitrogens with one attached hydrogen (secondary N) is 2. The zero-order valence-electron chi connectivity index (χ0n) is 17.0. The summed E-state index contributed by atoms with van der Waals surface area (Å²) in [6.07, 6.45) is 0.297. The predicted octanol–water partition coefficient (Wildman–Crippen LogP) is 3.22. The molecule has 3 aromatic rings. The number of amides is 1. The van der Waals surface area contributed by atoms with Gasteiger partial charge in [0.1, 0.15) is 5.75 Å². The number of H-pyrrole nitrogens is 1. The number of aryl methyl sites for hydroxylation is 1. The van der Waals surface area contributed by atoms with Crippen LogP contribution in [0.2, 0.25) is 0 Å². The monoisotopic (exact) mass is 404 g/mol. The number of anilines is 2. The first-order chi connectivity index (χ1) is 14.5. The van der Waals surface area contributed by atoms with Gasteiger partial charge >= 0.3 is 0 Å². The molecule has 1 aliphatic heterocycles. The normalized spacial score (nSPS) is 16.0. The molecule has 1 aromatic heterocycles. The summed E-state index contributed by atoms with van der Waals surface area (Å²) in [4.78, 5) is 33.9. The molecule has 30 heavy (non-hydrogen) atoms. The van der Waals surface area contributed by atoms with E-state index in [0.717, 1.165) is 16.8 Å². The minimum Gasteiger partial charge on any atom is -0.495 e. The van der Waals surface area contributed by atoms with Gasteiger partial charge in [0.05, 0.1) is 18.5 Å². The van der Waals surface area contributed by atoms with E-state index in [1.807, 2.05) is 55.5 Å². The number of nitrogens with zero attached hydrogens (tertiary/aromatic N) is 2. The number of carbonyl (C=O) groups is 1. The molecule has 154 valence electrons. The van der Waals surface area contributed by atoms with E-state index < -0.39 is 0 Å². The van der Waals surface area contributed by atoms with Crippen LogP contribution in [0.5, 0.6) is 5.75 Å². The molecule has 1 atom stereocenters. The second kappa shape index (κ2) is 8.41. The van der Waals surface area contributed by atoms with Crippen molar-refractivity contribution in [3.63, 3.8) is 0 Å². The van der Waals surface area contributed by atoms with Crippen LogP contribution < -0.4 is 20.5 Å². The van der Waals surface area contributed by atoms with E-state index >= 15 is 0 Å². The van der Waals surface area contributed by atoms with Crippen molar-refractivity contribution in [1.29, 1.82) is 0 Å². The van der Waals surface area contributed by atoms with Crippen molar-refractivity contribution in [1.82, 2.24) is 9.97 Å². The Labute approximate surface area is 174 Å². The van der Waals surface area contributed by atoms with Crippen LogP contribution in [0.25, 0.3) is 0 Å². The van der Waals surface area contributed by atoms with Crippen molar-refractivity contribution in [3.05, 3.63) is 81.8 Å². The number of hydrogen-bond acceptors (Lipinski definition) is 5. The third kappa shape index (κ3) is 4.05. The van der Waals surface area contributed by atoms with Crippen LogP contribution >= 0.6 is 0 Å². The smallest absolute Gasteiger partial charge is 0.252 e. The third-order valence-electron chi connectivity index (χ3n) is 5.39. The molecule has 2 N–H and O–H groups in total. The van der Waals surface area contributed by atoms with E-state index in [2.05, 4.69) is 15.3 Å². The number of methoxy groups -OCH3 is 1. The van der Waals surface area contributed by atoms with Crippen LogP contribution in [0, 0.1) is 6.92 Å². The standard InChI is InChI=1S/C23H24N4O3/c1-15-7-3-4-8-16(15)13-24-23-25-18(12-21(28)26-23)17-11-22(29)27(14-17)19-9-5-6-10-20(19)30-2/h3-10,12,17H,11,13-14H2,1-2H3,(H2,24,25,26,28). The summed E-state index contributed by atoms with van der Waals surface area (Å²) in [7, 11) is 1.58. The van der Waals surface area contributed by atoms with E-state index in [4.69, 9.17) is 4.74 Å². The lowest BCUT2D eigenvalue weighted by Crippen LogP contribution is -2.25. The number of para-hydroxylation sites is 2. The van der Waals surface area contributed by atoms with Crippen molar-refractivity contribution in [2.45, 2.75) is 25.8 Å². The molecule has 7 heteroatoms. The molecule has 0 radical (unpaired) electrons. The molecule has 0 saturated carbocycles. The average Bonchev–Trinajstić information content (AvgIpc) is 3.14. The van der Waals surface area contributed by atoms with E-state index in [0.29, 0.717) is 36.9 Å². The van der Waals surface area contributed by atoms with Crippen LogP contribution in [0.15, 0.2) is 59.4 Å². The van der Waals surface area contributed by atoms with E-state index in [1.165, 1.54) is 6.07 Å². The SMILES string of the molecule is COc1ccccc1N1CC(c2cc(=O)[nH]c(NCc3ccccc3C)n2)CC1=O. The van der Waals surface area contributed by atoms with Gasteiger partial charge in [0.2, 0.25) is 11.9 Å². The summed E-state index contributed by atoms with van der Waals surface area (Å²) >= 11 is 0. The van der Waals surface area contributed by atoms with Gasteiger partial charge in [-0.1, -0.05) is 36.4 Å². The van der Waals surface area contributed by atoms with Crippen LogP contribution in [-0.2, 0) is 11.3 Å². The molecule has 0 bridgehead atoms. The minimum absolute atomic E-state index is 0.0130. The van der Waals surface area contributed by atoms with Gasteiger partial charge in [-0.3, -0.25) is 14.6 Å². The van der Waals surface area contributed by atoms with Gasteiger partial charge < -0.3 is 15.0 Å². The molecule has 1 unspecified atom stereocenters. The van der Waals surface area contributed by atoms with Crippen molar-refractivity contribution < 1.29 is 9.53 Å². The molecule has 7 nitrogen and oxygen atoms in total. The Morgan fingerprint density at radius 3 is 2.73 bits per heavy atom. The molecule has 0 aliphatic carbocycles. The number of hydrogen-bond donors (Lipinski definition) is 2. The molecule has 2 heterocycles. The summed E-state index contributed by atoms with van der Waals surface area (Å²) in [6.45, 7) is 3.04. The number of carbonyl (C=O) groups excluding carboxylic acids is 1. The molecule has 1 amide bonds. The molecular formula is C23H24N4O3. The van der Waals surface area contributed by atoms with Crippen LogP contribution in [-0.4, -0.2) is 29.5 Å². The molecule has 4 rings (SSSR count). The zero-order chi connectivity index (χ0) is 21.1. The van der Waals surface area contributed by atoms with Gasteiger partial charge in [-0.2, -0.15) is 0 Å². The topological polar surface area (TPSA) is 87.3 Å². The van der Waals surface area contributed by atoms with Gasteiger partial charge in [-0.15, -0.1) is 0 Å². The Morgan fingerprint density at radius 2 is 1.93 bits per heavy atom. The summed E-state index contributed by atoms with van der Waals surface area (Å²) < 4.78 is 5.39. The maximum Gasteiger partial charge on any atom is 0.252 e. The first kappa shape index (κ1) is 19.7. The predicted molar refractivity (Wildman–Crippen MR) is 116 cm³/mol. The fourth-order valence-electron chi connectivity index (χ4n) is 3.75. The average molecular weight is 404 g/mol. The van der Waals surface area contributed by atoms with E-state index in [-0.39, 0.29) is 17.4 Å². The van der Waals surface area contributed by atoms with Gasteiger partial charge in [0.25, 0.3) is 5.56 Å². The van der Waals surface area contributed by atoms with Crippen molar-refractivity contribution in [2.75, 3.05) is 23.9 Å². The van der Waals surface area contributed by atoms with Gasteiger partial charge in [-0.25, -0.2) is 4.98 Å². The third-order valence-corrected chi connectivity index (χ3v) is 5.39. The van der Waals surface area contributed by atoms with Crippen molar-refractivity contribution >= 4 is 17.5 Å². The van der Waals surface area contributed by atoms with Crippen molar-refractivity contribution in [2.24, 2.45) is 0 Å². The maximum atomic E-state index is 12.7. The fourth-order valence-corrected chi connectivity index (χ4v) is 3.75. The first-order valence-electron chi connectivity index (χ1n) is 9.88. The molecule has 2 aromatic carbocycles. The lowest BCUT2D eigenvalue weighted by Gasteiger charge is -2.19. The molecule has 0 spiro atoms. The molecule has 1 saturated heterocycles. The van der Waals surface area contributed by atoms with Gasteiger partial charge in [0, 0.05) is 31.5 Å². The van der Waals surface area contributed by atoms with Gasteiger partial charge in [0.15, 0.2) is 0 Å². The summed E-state index contributed by atoms with van der Waals surface area (Å²) in [5.74, 6) is 0.875. The minimum atomic E-state index is -0.240. The number of rotatable bonds is 6. The Morgan fingerprint density at radius 1 is 1.17 bits per heavy atom. The number of benzene rings is 2. The van der Waals surface area contributed by atoms with Crippen LogP contribution in [0.4, 0.5) is 11.6 Å². The highest BCUT2D eigenvalue weighted by Crippen LogP contribution is 2.35. The summed E-state index contributed by atoms with van der Waals surface area (Å²) in [6, 6.07) is 16.9. The Bertz CT molecular complexity index is 1130. The highest BCUT2D eigenvalue weighted by Gasteiger charge is 2.34. The highest BCUT2D eigenvalue weighted by molar-refractivity contribution is 5.97. The lowest BCUT2D eigenvalue weighted by molar-refractivity contribution is -0.117. The number of ether oxygens (including phenoxy) is 1. The largest absolute Gasteiger partial charge is 0.495 e. The second-order valence-electron chi connectivity index (χ2n) is 7.38. The number of aromatic amines is 1. The quantitative estimate of drug-likeness (QED) is 0.659. The zero-order valence-corrected chi connectivity index (χ0v) is 17.0. The van der Waals surface area contributed by atoms with Gasteiger partial charge in [-0.05, 0) is 30.2 Å². The fraction of sp³-hybridized carbons (Fsp3) is 0.261. The van der Waals surface area contributed by atoms with Crippen LogP contribution in [0.1, 0.15) is 29.2 Å². The summed E-state index contributed by atoms with van der Waals surface area (Å²) in [5.41, 5.74) is 3.39. The first-order valence-corrected chi connectivity index (χ1v) is 9.88. The number of aromatic nitrogens is 2. The summed E-state index contributed by atoms with van der Waals surface area (Å²) in [5, 5.41) is 3.19. The van der Waals surface area contributed by atoms with Crippen LogP contribution in [0.3, 0.4) is 0 Å². The molecule has 1 aliphatic rings. The van der Waals surface area contributed by atoms with E-state index in [1.54, 1.807) is 12.0 Å². The van der Waals surface area contributed by atoms with Crippen molar-refractivity contribution in [3.8, 4) is 5.75 Å². The second-order valence-corrected chi connectivity index (χ2v) is 7.38. The molecule has 1 fully saturated rings. The van der Waals surface area contributed by atoms with E-state index in [9.17, 15) is 9.59 Å². The highest BCUT2D eigenvalue weighted by atomic mass is 16.5. The molecular weight excluding hydrogens is 380 g/mol. The maximum absolute atomic E-state index is 12.7. The lowest BCUT2D eigenvalue weighted by atomic mass is 10.0.